The molecule has 0 aromatic heterocycles. The molecule has 0 radical (unpaired) electrons. The molecule has 0 unspecified atom stereocenters. The molecule has 7 N–H and O–H groups in total. The predicted octanol–water partition coefficient (Wildman–Crippen LogP) is 2.01. The van der Waals surface area contributed by atoms with E-state index in [1.54, 1.807) is 24.3 Å². The van der Waals surface area contributed by atoms with E-state index in [1.165, 1.54) is 12.1 Å². The Morgan fingerprint density at radius 1 is 0.765 bits per heavy atom. The van der Waals surface area contributed by atoms with Crippen LogP contribution in [0.15, 0.2) is 36.4 Å². The number of aromatic hydroxyl groups is 2. The van der Waals surface area contributed by atoms with Crippen LogP contribution in [-0.2, 0) is 0 Å². The maximum absolute atomic E-state index is 9.44. The van der Waals surface area contributed by atoms with Crippen LogP contribution < -0.4 is 16.8 Å². The van der Waals surface area contributed by atoms with Gasteiger partial charge in [-0.3, -0.25) is 0 Å². The maximum Gasteiger partial charge on any atom is 0.140 e. The molecule has 0 fully saturated rings. The fraction of sp³-hybridized carbons (Fsp3) is 0. The van der Waals surface area contributed by atoms with Gasteiger partial charge < -0.3 is 27.0 Å². The molecule has 88 valence electrons. The topological polar surface area (TPSA) is 105 Å². The minimum absolute atomic E-state index is 0.00895. The van der Waals surface area contributed by atoms with Crippen molar-refractivity contribution in [3.8, 4) is 11.5 Å². The second-order valence-electron chi connectivity index (χ2n) is 3.67. The summed E-state index contributed by atoms with van der Waals surface area (Å²) in [6.45, 7) is 0. The van der Waals surface area contributed by atoms with E-state index in [2.05, 4.69) is 5.32 Å². The molecule has 0 heterocycles. The minimum atomic E-state index is 0.00895. The van der Waals surface area contributed by atoms with Crippen LogP contribution in [0.1, 0.15) is 0 Å². The van der Waals surface area contributed by atoms with Gasteiger partial charge in [-0.25, -0.2) is 0 Å². The molecule has 0 bridgehead atoms. The molecule has 17 heavy (non-hydrogen) atoms. The van der Waals surface area contributed by atoms with Crippen molar-refractivity contribution < 1.29 is 10.2 Å². The van der Waals surface area contributed by atoms with Crippen molar-refractivity contribution in [1.29, 1.82) is 0 Å². The summed E-state index contributed by atoms with van der Waals surface area (Å²) in [5.74, 6) is 0.0179. The zero-order valence-corrected chi connectivity index (χ0v) is 9.01. The summed E-state index contributed by atoms with van der Waals surface area (Å²) in [5.41, 5.74) is 12.9. The lowest BCUT2D eigenvalue weighted by molar-refractivity contribution is 0.478. The zero-order valence-electron chi connectivity index (χ0n) is 9.01. The average Bonchev–Trinajstić information content (AvgIpc) is 2.29. The Bertz CT molecular complexity index is 506. The summed E-state index contributed by atoms with van der Waals surface area (Å²) in [6.07, 6.45) is 0. The third-order valence-electron chi connectivity index (χ3n) is 2.35. The number of phenolic OH excluding ortho intramolecular Hbond substituents is 2. The van der Waals surface area contributed by atoms with Crippen LogP contribution in [0.3, 0.4) is 0 Å². The smallest absolute Gasteiger partial charge is 0.140 e. The molecule has 0 saturated heterocycles. The second kappa shape index (κ2) is 4.13. The number of rotatable bonds is 2. The summed E-state index contributed by atoms with van der Waals surface area (Å²) in [5, 5.41) is 21.9. The summed E-state index contributed by atoms with van der Waals surface area (Å²) < 4.78 is 0. The molecule has 0 spiro atoms. The number of nitrogens with one attached hydrogen (secondary N) is 1. The summed E-state index contributed by atoms with van der Waals surface area (Å²) in [4.78, 5) is 0. The minimum Gasteiger partial charge on any atom is -0.506 e. The lowest BCUT2D eigenvalue weighted by Gasteiger charge is -2.09. The number of nitrogen functional groups attached to an aromatic ring is 2. The van der Waals surface area contributed by atoms with E-state index in [9.17, 15) is 10.2 Å². The van der Waals surface area contributed by atoms with Crippen molar-refractivity contribution in [2.45, 2.75) is 0 Å². The summed E-state index contributed by atoms with van der Waals surface area (Å²) in [6, 6.07) is 9.64. The van der Waals surface area contributed by atoms with Gasteiger partial charge in [0.05, 0.1) is 11.4 Å². The van der Waals surface area contributed by atoms with Crippen LogP contribution in [0.5, 0.6) is 11.5 Å². The highest BCUT2D eigenvalue weighted by molar-refractivity contribution is 5.69. The molecule has 0 saturated carbocycles. The van der Waals surface area contributed by atoms with Gasteiger partial charge in [-0.15, -0.1) is 0 Å². The molecule has 0 aliphatic rings. The normalized spacial score (nSPS) is 10.1. The maximum atomic E-state index is 9.44. The van der Waals surface area contributed by atoms with Crippen LogP contribution >= 0.6 is 0 Å². The standard InChI is InChI=1S/C12H13N3O2/c13-9-3-1-7(5-11(9)16)15-8-2-4-10(14)12(17)6-8/h1-6,15-17H,13-14H2. The number of anilines is 4. The quantitative estimate of drug-likeness (QED) is 0.401. The SMILES string of the molecule is Nc1ccc(Nc2ccc(N)c(O)c2)cc1O. The predicted molar refractivity (Wildman–Crippen MR) is 68.3 cm³/mol. The Morgan fingerprint density at radius 2 is 1.18 bits per heavy atom. The van der Waals surface area contributed by atoms with E-state index in [0.29, 0.717) is 22.7 Å². The molecule has 0 atom stereocenters. The van der Waals surface area contributed by atoms with E-state index >= 15 is 0 Å². The zero-order chi connectivity index (χ0) is 12.4. The highest BCUT2D eigenvalue weighted by Crippen LogP contribution is 2.29. The van der Waals surface area contributed by atoms with Crippen LogP contribution in [-0.4, -0.2) is 10.2 Å². The van der Waals surface area contributed by atoms with Crippen LogP contribution in [0.2, 0.25) is 0 Å². The fourth-order valence-corrected chi connectivity index (χ4v) is 1.41. The lowest BCUT2D eigenvalue weighted by atomic mass is 10.2. The van der Waals surface area contributed by atoms with Crippen molar-refractivity contribution in [1.82, 2.24) is 0 Å². The van der Waals surface area contributed by atoms with E-state index in [4.69, 9.17) is 11.5 Å². The third kappa shape index (κ3) is 2.34. The fourth-order valence-electron chi connectivity index (χ4n) is 1.41. The van der Waals surface area contributed by atoms with Gasteiger partial charge in [0.1, 0.15) is 11.5 Å². The molecule has 2 aromatic carbocycles. The number of phenols is 2. The van der Waals surface area contributed by atoms with Gasteiger partial charge in [-0.2, -0.15) is 0 Å². The number of hydrogen-bond donors (Lipinski definition) is 5. The molecule has 0 aliphatic heterocycles. The van der Waals surface area contributed by atoms with Crippen LogP contribution in [0, 0.1) is 0 Å². The van der Waals surface area contributed by atoms with Gasteiger partial charge in [-0.1, -0.05) is 0 Å². The van der Waals surface area contributed by atoms with E-state index < -0.39 is 0 Å². The molecule has 0 aliphatic carbocycles. The van der Waals surface area contributed by atoms with Crippen molar-refractivity contribution in [2.24, 2.45) is 0 Å². The molecule has 2 aromatic rings. The molecule has 5 nitrogen and oxygen atoms in total. The van der Waals surface area contributed by atoms with Crippen LogP contribution in [0.25, 0.3) is 0 Å². The van der Waals surface area contributed by atoms with E-state index in [1.807, 2.05) is 0 Å². The monoisotopic (exact) mass is 231 g/mol. The highest BCUT2D eigenvalue weighted by Gasteiger charge is 2.02. The molecule has 5 heteroatoms. The van der Waals surface area contributed by atoms with Gasteiger partial charge >= 0.3 is 0 Å². The van der Waals surface area contributed by atoms with Gasteiger partial charge in [0, 0.05) is 23.5 Å². The van der Waals surface area contributed by atoms with Gasteiger partial charge in [-0.05, 0) is 24.3 Å². The summed E-state index contributed by atoms with van der Waals surface area (Å²) in [7, 11) is 0. The first kappa shape index (κ1) is 10.9. The second-order valence-corrected chi connectivity index (χ2v) is 3.67. The van der Waals surface area contributed by atoms with Crippen molar-refractivity contribution in [3.05, 3.63) is 36.4 Å². The number of hydrogen-bond acceptors (Lipinski definition) is 5. The average molecular weight is 231 g/mol. The molecular weight excluding hydrogens is 218 g/mol. The first-order valence-electron chi connectivity index (χ1n) is 5.00. The van der Waals surface area contributed by atoms with Gasteiger partial charge in [0.2, 0.25) is 0 Å². The van der Waals surface area contributed by atoms with Crippen molar-refractivity contribution in [3.63, 3.8) is 0 Å². The Labute approximate surface area is 98.3 Å². The Kier molecular flexibility index (Phi) is 2.66. The molecular formula is C12H13N3O2. The number of benzene rings is 2. The highest BCUT2D eigenvalue weighted by atomic mass is 16.3. The third-order valence-corrected chi connectivity index (χ3v) is 2.35. The molecule has 2 rings (SSSR count). The van der Waals surface area contributed by atoms with E-state index in [0.717, 1.165) is 0 Å². The first-order chi connectivity index (χ1) is 8.06. The van der Waals surface area contributed by atoms with E-state index in [-0.39, 0.29) is 11.5 Å². The Hall–Kier alpha value is -2.56. The largest absolute Gasteiger partial charge is 0.506 e. The van der Waals surface area contributed by atoms with Crippen molar-refractivity contribution >= 4 is 22.7 Å². The lowest BCUT2D eigenvalue weighted by Crippen LogP contribution is -1.93. The van der Waals surface area contributed by atoms with Gasteiger partial charge in [0.25, 0.3) is 0 Å². The van der Waals surface area contributed by atoms with Crippen LogP contribution in [0.4, 0.5) is 22.7 Å². The van der Waals surface area contributed by atoms with Crippen molar-refractivity contribution in [2.75, 3.05) is 16.8 Å². The first-order valence-corrected chi connectivity index (χ1v) is 5.00. The number of nitrogens with two attached hydrogens (primary N) is 2. The Balaban J connectivity index is 2.25. The molecule has 0 amide bonds. The Morgan fingerprint density at radius 3 is 1.53 bits per heavy atom. The summed E-state index contributed by atoms with van der Waals surface area (Å²) >= 11 is 0. The van der Waals surface area contributed by atoms with Gasteiger partial charge in [0.15, 0.2) is 0 Å².